The normalized spacial score (nSPS) is 13.9. The van der Waals surface area contributed by atoms with Crippen LogP contribution in [0.5, 0.6) is 0 Å². The number of likely N-dealkylation sites (N-methyl/N-ethyl adjacent to an activating group) is 1. The largest absolute Gasteiger partial charge is 0.330 e. The first-order valence-corrected chi connectivity index (χ1v) is 5.67. The minimum absolute atomic E-state index is 0.615. The fraction of sp³-hybridized carbons (Fsp3) is 1.00. The van der Waals surface area contributed by atoms with Crippen molar-refractivity contribution in [3.63, 3.8) is 0 Å². The van der Waals surface area contributed by atoms with Gasteiger partial charge in [-0.15, -0.1) is 0 Å². The molecular weight excluding hydrogens is 174 g/mol. The maximum Gasteiger partial charge on any atom is 0.0109 e. The molecule has 0 saturated heterocycles. The zero-order valence-corrected chi connectivity index (χ0v) is 10.3. The van der Waals surface area contributed by atoms with Crippen molar-refractivity contribution in [1.82, 2.24) is 9.80 Å². The first-order chi connectivity index (χ1) is 6.60. The molecule has 0 aliphatic carbocycles. The summed E-state index contributed by atoms with van der Waals surface area (Å²) in [6.45, 7) is 9.87. The second-order valence-corrected chi connectivity index (χ2v) is 4.44. The van der Waals surface area contributed by atoms with Crippen LogP contribution in [0.3, 0.4) is 0 Å². The van der Waals surface area contributed by atoms with Crippen LogP contribution >= 0.6 is 0 Å². The molecule has 0 aromatic carbocycles. The third kappa shape index (κ3) is 7.30. The van der Waals surface area contributed by atoms with Crippen LogP contribution in [0.2, 0.25) is 0 Å². The molecule has 0 aliphatic rings. The Morgan fingerprint density at radius 2 is 1.79 bits per heavy atom. The van der Waals surface area contributed by atoms with Gasteiger partial charge in [-0.25, -0.2) is 0 Å². The van der Waals surface area contributed by atoms with E-state index in [4.69, 9.17) is 5.73 Å². The summed E-state index contributed by atoms with van der Waals surface area (Å²) >= 11 is 0. The molecule has 0 amide bonds. The van der Waals surface area contributed by atoms with Gasteiger partial charge in [0.1, 0.15) is 0 Å². The zero-order chi connectivity index (χ0) is 11.0. The Morgan fingerprint density at radius 3 is 2.21 bits per heavy atom. The van der Waals surface area contributed by atoms with Crippen LogP contribution in [0.25, 0.3) is 0 Å². The molecule has 0 saturated carbocycles. The first kappa shape index (κ1) is 13.9. The van der Waals surface area contributed by atoms with Crippen LogP contribution in [0, 0.1) is 5.92 Å². The van der Waals surface area contributed by atoms with Crippen LogP contribution in [0.4, 0.5) is 0 Å². The molecule has 0 radical (unpaired) electrons. The van der Waals surface area contributed by atoms with Gasteiger partial charge < -0.3 is 15.5 Å². The van der Waals surface area contributed by atoms with Crippen molar-refractivity contribution in [1.29, 1.82) is 0 Å². The van der Waals surface area contributed by atoms with E-state index in [1.807, 2.05) is 0 Å². The summed E-state index contributed by atoms with van der Waals surface area (Å²) in [6.07, 6.45) is 1.23. The van der Waals surface area contributed by atoms with Gasteiger partial charge in [-0.05, 0) is 39.5 Å². The van der Waals surface area contributed by atoms with Crippen molar-refractivity contribution < 1.29 is 0 Å². The first-order valence-electron chi connectivity index (χ1n) is 5.67. The van der Waals surface area contributed by atoms with Gasteiger partial charge in [-0.3, -0.25) is 0 Å². The quantitative estimate of drug-likeness (QED) is 0.632. The van der Waals surface area contributed by atoms with Crippen LogP contribution in [0.15, 0.2) is 0 Å². The van der Waals surface area contributed by atoms with E-state index in [1.165, 1.54) is 13.0 Å². The van der Waals surface area contributed by atoms with Crippen molar-refractivity contribution in [2.45, 2.75) is 20.3 Å². The van der Waals surface area contributed by atoms with Crippen molar-refractivity contribution in [2.75, 3.05) is 46.8 Å². The molecular formula is C11H27N3. The summed E-state index contributed by atoms with van der Waals surface area (Å²) in [5.74, 6) is 0.615. The van der Waals surface area contributed by atoms with Crippen molar-refractivity contribution in [2.24, 2.45) is 11.7 Å². The second-order valence-electron chi connectivity index (χ2n) is 4.44. The minimum Gasteiger partial charge on any atom is -0.330 e. The highest BCUT2D eigenvalue weighted by molar-refractivity contribution is 4.64. The van der Waals surface area contributed by atoms with E-state index in [2.05, 4.69) is 37.7 Å². The maximum absolute atomic E-state index is 5.64. The van der Waals surface area contributed by atoms with Gasteiger partial charge in [0, 0.05) is 19.6 Å². The Morgan fingerprint density at radius 1 is 1.14 bits per heavy atom. The lowest BCUT2D eigenvalue weighted by Crippen LogP contribution is -2.37. The lowest BCUT2D eigenvalue weighted by atomic mass is 10.1. The predicted octanol–water partition coefficient (Wildman–Crippen LogP) is 0.855. The van der Waals surface area contributed by atoms with Gasteiger partial charge in [-0.2, -0.15) is 0 Å². The Hall–Kier alpha value is -0.120. The highest BCUT2D eigenvalue weighted by Crippen LogP contribution is 1.99. The Balaban J connectivity index is 3.76. The van der Waals surface area contributed by atoms with E-state index in [0.717, 1.165) is 26.2 Å². The van der Waals surface area contributed by atoms with Crippen LogP contribution < -0.4 is 5.73 Å². The van der Waals surface area contributed by atoms with Crippen LogP contribution in [0.1, 0.15) is 20.3 Å². The summed E-state index contributed by atoms with van der Waals surface area (Å²) < 4.78 is 0. The van der Waals surface area contributed by atoms with E-state index >= 15 is 0 Å². The number of rotatable bonds is 8. The summed E-state index contributed by atoms with van der Waals surface area (Å²) in [6, 6.07) is 0. The molecule has 0 aromatic rings. The predicted molar refractivity (Wildman–Crippen MR) is 63.5 cm³/mol. The monoisotopic (exact) mass is 201 g/mol. The summed E-state index contributed by atoms with van der Waals surface area (Å²) in [5.41, 5.74) is 5.64. The highest BCUT2D eigenvalue weighted by atomic mass is 15.2. The van der Waals surface area contributed by atoms with Crippen molar-refractivity contribution in [3.05, 3.63) is 0 Å². The Kier molecular flexibility index (Phi) is 8.14. The average molecular weight is 201 g/mol. The third-order valence-electron chi connectivity index (χ3n) is 2.38. The van der Waals surface area contributed by atoms with E-state index < -0.39 is 0 Å². The average Bonchev–Trinajstić information content (AvgIpc) is 2.14. The third-order valence-corrected chi connectivity index (χ3v) is 2.38. The summed E-state index contributed by atoms with van der Waals surface area (Å²) in [7, 11) is 4.24. The number of hydrogen-bond donors (Lipinski definition) is 1. The number of nitrogens with two attached hydrogens (primary N) is 1. The van der Waals surface area contributed by atoms with E-state index in [0.29, 0.717) is 5.92 Å². The van der Waals surface area contributed by atoms with Gasteiger partial charge in [-0.1, -0.05) is 13.8 Å². The second kappa shape index (κ2) is 8.21. The molecule has 86 valence electrons. The van der Waals surface area contributed by atoms with Crippen LogP contribution in [-0.4, -0.2) is 56.6 Å². The van der Waals surface area contributed by atoms with Gasteiger partial charge in [0.15, 0.2) is 0 Å². The van der Waals surface area contributed by atoms with Gasteiger partial charge in [0.05, 0.1) is 0 Å². The van der Waals surface area contributed by atoms with Crippen molar-refractivity contribution in [3.8, 4) is 0 Å². The molecule has 0 aromatic heterocycles. The van der Waals surface area contributed by atoms with E-state index in [1.54, 1.807) is 0 Å². The van der Waals surface area contributed by atoms with Crippen LogP contribution in [-0.2, 0) is 0 Å². The number of nitrogens with zero attached hydrogens (tertiary/aromatic N) is 2. The Bertz CT molecular complexity index is 126. The lowest BCUT2D eigenvalue weighted by molar-refractivity contribution is 0.216. The smallest absolute Gasteiger partial charge is 0.0109 e. The fourth-order valence-corrected chi connectivity index (χ4v) is 1.47. The highest BCUT2D eigenvalue weighted by Gasteiger charge is 2.08. The SMILES string of the molecule is CCCN(CCN(C)C)CC(C)CN. The standard InChI is InChI=1S/C11H27N3/c1-5-6-14(8-7-13(3)4)10-11(2)9-12/h11H,5-10,12H2,1-4H3. The summed E-state index contributed by atoms with van der Waals surface area (Å²) in [4.78, 5) is 4.74. The van der Waals surface area contributed by atoms with Gasteiger partial charge >= 0.3 is 0 Å². The molecule has 1 unspecified atom stereocenters. The van der Waals surface area contributed by atoms with Gasteiger partial charge in [0.2, 0.25) is 0 Å². The molecule has 0 aliphatic heterocycles. The molecule has 3 heteroatoms. The maximum atomic E-state index is 5.64. The van der Waals surface area contributed by atoms with Crippen molar-refractivity contribution >= 4 is 0 Å². The molecule has 3 nitrogen and oxygen atoms in total. The fourth-order valence-electron chi connectivity index (χ4n) is 1.47. The van der Waals surface area contributed by atoms with E-state index in [9.17, 15) is 0 Å². The lowest BCUT2D eigenvalue weighted by Gasteiger charge is -2.26. The molecule has 1 atom stereocenters. The molecule has 0 spiro atoms. The molecule has 0 heterocycles. The molecule has 0 rings (SSSR count). The summed E-state index contributed by atoms with van der Waals surface area (Å²) in [5, 5.41) is 0. The molecule has 0 fully saturated rings. The zero-order valence-electron chi connectivity index (χ0n) is 10.3. The number of hydrogen-bond acceptors (Lipinski definition) is 3. The van der Waals surface area contributed by atoms with Gasteiger partial charge in [0.25, 0.3) is 0 Å². The molecule has 2 N–H and O–H groups in total. The van der Waals surface area contributed by atoms with E-state index in [-0.39, 0.29) is 0 Å². The Labute approximate surface area is 89.2 Å². The minimum atomic E-state index is 0.615. The topological polar surface area (TPSA) is 32.5 Å². The molecule has 14 heavy (non-hydrogen) atoms. The molecule has 0 bridgehead atoms.